The van der Waals surface area contributed by atoms with Crippen molar-refractivity contribution in [2.75, 3.05) is 6.54 Å². The zero-order chi connectivity index (χ0) is 14.5. The van der Waals surface area contributed by atoms with Gasteiger partial charge in [-0.2, -0.15) is 0 Å². The number of ketones is 1. The number of halogens is 2. The van der Waals surface area contributed by atoms with E-state index >= 15 is 0 Å². The fraction of sp³-hybridized carbons (Fsp3) is 0.533. The largest absolute Gasteiger partial charge is 0.330 e. The van der Waals surface area contributed by atoms with Gasteiger partial charge in [0.2, 0.25) is 0 Å². The minimum atomic E-state index is 0.114. The molecule has 0 amide bonds. The Balaban J connectivity index is 2.54. The lowest BCUT2D eigenvalue weighted by molar-refractivity contribution is -0.119. The summed E-state index contributed by atoms with van der Waals surface area (Å²) in [6.07, 6.45) is 2.67. The van der Waals surface area contributed by atoms with Crippen LogP contribution in [-0.4, -0.2) is 12.3 Å². The molecule has 0 bridgehead atoms. The Kier molecular flexibility index (Phi) is 6.31. The monoisotopic (exact) mass is 301 g/mol. The molecule has 4 heteroatoms. The predicted octanol–water partition coefficient (Wildman–Crippen LogP) is 4.26. The lowest BCUT2D eigenvalue weighted by Crippen LogP contribution is -2.18. The van der Waals surface area contributed by atoms with E-state index < -0.39 is 0 Å². The maximum atomic E-state index is 12.0. The number of hydrogen-bond acceptors (Lipinski definition) is 2. The van der Waals surface area contributed by atoms with Gasteiger partial charge in [0.1, 0.15) is 5.78 Å². The first kappa shape index (κ1) is 16.5. The smallest absolute Gasteiger partial charge is 0.137 e. The van der Waals surface area contributed by atoms with Crippen LogP contribution in [0.5, 0.6) is 0 Å². The molecule has 0 radical (unpaired) electrons. The maximum absolute atomic E-state index is 12.0. The Hall–Kier alpha value is -0.570. The van der Waals surface area contributed by atoms with Crippen LogP contribution >= 0.6 is 23.2 Å². The average molecular weight is 302 g/mol. The Morgan fingerprint density at radius 1 is 1.26 bits per heavy atom. The molecule has 1 rings (SSSR count). The van der Waals surface area contributed by atoms with Crippen molar-refractivity contribution in [2.45, 2.75) is 39.5 Å². The van der Waals surface area contributed by atoms with Crippen LogP contribution in [0.15, 0.2) is 18.2 Å². The fourth-order valence-corrected chi connectivity index (χ4v) is 2.37. The second-order valence-corrected chi connectivity index (χ2v) is 6.42. The molecule has 0 heterocycles. The van der Waals surface area contributed by atoms with Crippen LogP contribution in [0.4, 0.5) is 0 Å². The van der Waals surface area contributed by atoms with E-state index in [9.17, 15) is 4.79 Å². The first-order valence-electron chi connectivity index (χ1n) is 6.50. The molecule has 1 aromatic carbocycles. The highest BCUT2D eigenvalue weighted by Gasteiger charge is 2.18. The third-order valence-electron chi connectivity index (χ3n) is 3.32. The summed E-state index contributed by atoms with van der Waals surface area (Å²) in [5.41, 5.74) is 6.48. The van der Waals surface area contributed by atoms with Crippen LogP contribution in [-0.2, 0) is 11.2 Å². The highest BCUT2D eigenvalue weighted by Crippen LogP contribution is 2.28. The van der Waals surface area contributed by atoms with Gasteiger partial charge in [0, 0.05) is 12.8 Å². The molecule has 1 aromatic rings. The fourth-order valence-electron chi connectivity index (χ4n) is 1.98. The number of rotatable bonds is 7. The zero-order valence-corrected chi connectivity index (χ0v) is 13.0. The summed E-state index contributed by atoms with van der Waals surface area (Å²) in [5.74, 6) is 0.189. The molecule has 106 valence electrons. The molecule has 0 unspecified atom stereocenters. The van der Waals surface area contributed by atoms with E-state index in [1.807, 2.05) is 12.1 Å². The van der Waals surface area contributed by atoms with Gasteiger partial charge >= 0.3 is 0 Å². The van der Waals surface area contributed by atoms with Gasteiger partial charge in [-0.1, -0.05) is 49.2 Å². The number of Topliss-reactive ketones (excluding diaryl/α,β-unsaturated/α-hetero) is 1. The Labute approximate surface area is 125 Å². The summed E-state index contributed by atoms with van der Waals surface area (Å²) in [4.78, 5) is 12.0. The third kappa shape index (κ3) is 5.52. The molecule has 0 saturated carbocycles. The van der Waals surface area contributed by atoms with Crippen molar-refractivity contribution in [3.63, 3.8) is 0 Å². The number of carbonyl (C=O) groups excluding carboxylic acids is 1. The lowest BCUT2D eigenvalue weighted by Gasteiger charge is -2.23. The molecule has 0 aromatic heterocycles. The summed E-state index contributed by atoms with van der Waals surface area (Å²) >= 11 is 12.0. The molecule has 0 aliphatic heterocycles. The van der Waals surface area contributed by atoms with E-state index in [2.05, 4.69) is 13.8 Å². The minimum Gasteiger partial charge on any atom is -0.330 e. The quantitative estimate of drug-likeness (QED) is 0.817. The molecule has 19 heavy (non-hydrogen) atoms. The van der Waals surface area contributed by atoms with Crippen molar-refractivity contribution < 1.29 is 4.79 Å². The van der Waals surface area contributed by atoms with E-state index in [4.69, 9.17) is 28.9 Å². The number of nitrogens with two attached hydrogens (primary N) is 1. The van der Waals surface area contributed by atoms with Crippen LogP contribution in [0.3, 0.4) is 0 Å². The molecular formula is C15H21Cl2NO. The molecule has 0 fully saturated rings. The summed E-state index contributed by atoms with van der Waals surface area (Å²) < 4.78 is 0. The van der Waals surface area contributed by atoms with Crippen LogP contribution in [0.2, 0.25) is 10.0 Å². The standard InChI is InChI=1S/C15H21Cl2NO/c1-15(2,8-9-18)7-6-12(19)10-11-4-3-5-13(16)14(11)17/h3-5H,6-10,18H2,1-2H3. The molecule has 0 saturated heterocycles. The second-order valence-electron chi connectivity index (χ2n) is 5.63. The highest BCUT2D eigenvalue weighted by molar-refractivity contribution is 6.42. The van der Waals surface area contributed by atoms with Crippen LogP contribution < -0.4 is 5.73 Å². The van der Waals surface area contributed by atoms with Gasteiger partial charge in [-0.15, -0.1) is 0 Å². The SMILES string of the molecule is CC(C)(CCN)CCC(=O)Cc1cccc(Cl)c1Cl. The van der Waals surface area contributed by atoms with Gasteiger partial charge in [0.25, 0.3) is 0 Å². The third-order valence-corrected chi connectivity index (χ3v) is 4.18. The molecule has 0 aliphatic carbocycles. The first-order chi connectivity index (χ1) is 8.85. The van der Waals surface area contributed by atoms with Crippen LogP contribution in [0.1, 0.15) is 38.7 Å². The topological polar surface area (TPSA) is 43.1 Å². The van der Waals surface area contributed by atoms with Crippen molar-refractivity contribution in [1.29, 1.82) is 0 Å². The van der Waals surface area contributed by atoms with E-state index in [1.54, 1.807) is 6.07 Å². The first-order valence-corrected chi connectivity index (χ1v) is 7.26. The van der Waals surface area contributed by atoms with Gasteiger partial charge in [0.05, 0.1) is 10.0 Å². The second kappa shape index (κ2) is 7.28. The predicted molar refractivity (Wildman–Crippen MR) is 81.9 cm³/mol. The van der Waals surface area contributed by atoms with Crippen molar-refractivity contribution in [3.8, 4) is 0 Å². The Bertz CT molecular complexity index is 444. The molecule has 2 N–H and O–H groups in total. The van der Waals surface area contributed by atoms with Crippen molar-refractivity contribution in [3.05, 3.63) is 33.8 Å². The van der Waals surface area contributed by atoms with Crippen LogP contribution in [0.25, 0.3) is 0 Å². The minimum absolute atomic E-state index is 0.114. The Morgan fingerprint density at radius 3 is 2.58 bits per heavy atom. The highest BCUT2D eigenvalue weighted by atomic mass is 35.5. The van der Waals surface area contributed by atoms with E-state index in [-0.39, 0.29) is 11.2 Å². The Morgan fingerprint density at radius 2 is 1.95 bits per heavy atom. The summed E-state index contributed by atoms with van der Waals surface area (Å²) in [6, 6.07) is 5.38. The van der Waals surface area contributed by atoms with Gasteiger partial charge in [-0.05, 0) is 36.4 Å². The average Bonchev–Trinajstić information content (AvgIpc) is 2.33. The molecule has 2 nitrogen and oxygen atoms in total. The van der Waals surface area contributed by atoms with Gasteiger partial charge in [0.15, 0.2) is 0 Å². The van der Waals surface area contributed by atoms with E-state index in [0.29, 0.717) is 29.4 Å². The summed E-state index contributed by atoms with van der Waals surface area (Å²) in [7, 11) is 0. The van der Waals surface area contributed by atoms with Gasteiger partial charge in [-0.3, -0.25) is 4.79 Å². The van der Waals surface area contributed by atoms with Crippen LogP contribution in [0, 0.1) is 5.41 Å². The van der Waals surface area contributed by atoms with E-state index in [0.717, 1.165) is 18.4 Å². The molecule has 0 atom stereocenters. The summed E-state index contributed by atoms with van der Waals surface area (Å²) in [6.45, 7) is 4.93. The number of benzene rings is 1. The number of carbonyl (C=O) groups is 1. The molecular weight excluding hydrogens is 281 g/mol. The summed E-state index contributed by atoms with van der Waals surface area (Å²) in [5, 5.41) is 0.981. The van der Waals surface area contributed by atoms with Crippen molar-refractivity contribution in [1.82, 2.24) is 0 Å². The van der Waals surface area contributed by atoms with E-state index in [1.165, 1.54) is 0 Å². The van der Waals surface area contributed by atoms with Crippen molar-refractivity contribution >= 4 is 29.0 Å². The zero-order valence-electron chi connectivity index (χ0n) is 11.5. The normalized spacial score (nSPS) is 11.6. The van der Waals surface area contributed by atoms with Gasteiger partial charge < -0.3 is 5.73 Å². The molecule has 0 aliphatic rings. The van der Waals surface area contributed by atoms with Gasteiger partial charge in [-0.25, -0.2) is 0 Å². The number of hydrogen-bond donors (Lipinski definition) is 1. The van der Waals surface area contributed by atoms with Crippen molar-refractivity contribution in [2.24, 2.45) is 11.1 Å². The maximum Gasteiger partial charge on any atom is 0.137 e. The lowest BCUT2D eigenvalue weighted by atomic mass is 9.83. The molecule has 0 spiro atoms.